The van der Waals surface area contributed by atoms with Gasteiger partial charge in [0.05, 0.1) is 19.6 Å². The minimum atomic E-state index is -0.749. The molecule has 0 saturated carbocycles. The van der Waals surface area contributed by atoms with Crippen molar-refractivity contribution in [3.63, 3.8) is 0 Å². The Labute approximate surface area is 182 Å². The molecule has 0 aliphatic carbocycles. The lowest BCUT2D eigenvalue weighted by molar-refractivity contribution is -0.148. The van der Waals surface area contributed by atoms with Crippen molar-refractivity contribution < 1.29 is 23.9 Å². The van der Waals surface area contributed by atoms with Crippen LogP contribution in [0.3, 0.4) is 0 Å². The van der Waals surface area contributed by atoms with Crippen molar-refractivity contribution in [1.82, 2.24) is 10.2 Å². The van der Waals surface area contributed by atoms with Gasteiger partial charge in [-0.1, -0.05) is 33.8 Å². The van der Waals surface area contributed by atoms with E-state index in [2.05, 4.69) is 16.0 Å². The molecule has 9 nitrogen and oxygen atoms in total. The second-order valence-corrected chi connectivity index (χ2v) is 8.54. The number of rotatable bonds is 8. The first-order valence-corrected chi connectivity index (χ1v) is 10.5. The number of ether oxygens (including phenoxy) is 1. The summed E-state index contributed by atoms with van der Waals surface area (Å²) in [6, 6.07) is 6.11. The normalized spacial score (nSPS) is 16.9. The van der Waals surface area contributed by atoms with Crippen molar-refractivity contribution in [3.05, 3.63) is 24.3 Å². The lowest BCUT2D eigenvalue weighted by atomic mass is 9.95. The van der Waals surface area contributed by atoms with Gasteiger partial charge in [0.25, 0.3) is 0 Å². The highest BCUT2D eigenvalue weighted by Gasteiger charge is 2.33. The van der Waals surface area contributed by atoms with E-state index >= 15 is 0 Å². The molecule has 0 radical (unpaired) electrons. The average Bonchev–Trinajstić information content (AvgIpc) is 2.68. The molecule has 1 aromatic rings. The number of carbonyl (C=O) groups is 4. The van der Waals surface area contributed by atoms with Gasteiger partial charge in [-0.3, -0.25) is 24.1 Å². The molecule has 0 bridgehead atoms. The minimum absolute atomic E-state index is 0.0439. The third-order valence-electron chi connectivity index (χ3n) is 4.70. The van der Waals surface area contributed by atoms with E-state index in [4.69, 9.17) is 4.74 Å². The molecular weight excluding hydrogens is 400 g/mol. The van der Waals surface area contributed by atoms with Crippen LogP contribution in [0.15, 0.2) is 24.3 Å². The first kappa shape index (κ1) is 24.3. The van der Waals surface area contributed by atoms with Gasteiger partial charge in [0.15, 0.2) is 0 Å². The first-order chi connectivity index (χ1) is 14.6. The van der Waals surface area contributed by atoms with Crippen molar-refractivity contribution in [1.29, 1.82) is 0 Å². The molecule has 1 atom stereocenters. The molecule has 2 rings (SSSR count). The predicted octanol–water partition coefficient (Wildman–Crippen LogP) is 1.75. The van der Waals surface area contributed by atoms with Crippen molar-refractivity contribution >= 4 is 35.1 Å². The number of hydrogen-bond donors (Lipinski definition) is 3. The summed E-state index contributed by atoms with van der Waals surface area (Å²) in [5, 5.41) is 8.33. The van der Waals surface area contributed by atoms with Crippen LogP contribution >= 0.6 is 0 Å². The quantitative estimate of drug-likeness (QED) is 0.539. The number of nitrogens with one attached hydrogen (secondary N) is 3. The highest BCUT2D eigenvalue weighted by Crippen LogP contribution is 2.20. The molecule has 1 aliphatic rings. The number of piperazine rings is 1. The zero-order valence-electron chi connectivity index (χ0n) is 18.6. The number of benzene rings is 1. The lowest BCUT2D eigenvalue weighted by Crippen LogP contribution is -2.57. The Kier molecular flexibility index (Phi) is 8.56. The topological polar surface area (TPSA) is 117 Å². The third-order valence-corrected chi connectivity index (χ3v) is 4.70. The fraction of sp³-hybridized carbons (Fsp3) is 0.545. The van der Waals surface area contributed by atoms with Gasteiger partial charge in [0.2, 0.25) is 17.7 Å². The summed E-state index contributed by atoms with van der Waals surface area (Å²) in [4.78, 5) is 50.7. The van der Waals surface area contributed by atoms with Crippen LogP contribution in [0.5, 0.6) is 0 Å². The van der Waals surface area contributed by atoms with Crippen LogP contribution in [0.25, 0.3) is 0 Å². The zero-order chi connectivity index (χ0) is 23.0. The van der Waals surface area contributed by atoms with E-state index in [1.807, 2.05) is 27.7 Å². The Morgan fingerprint density at radius 1 is 1.19 bits per heavy atom. The van der Waals surface area contributed by atoms with Gasteiger partial charge in [-0.2, -0.15) is 0 Å². The van der Waals surface area contributed by atoms with Gasteiger partial charge < -0.3 is 20.7 Å². The van der Waals surface area contributed by atoms with Crippen molar-refractivity contribution in [2.45, 2.75) is 46.6 Å². The second-order valence-electron chi connectivity index (χ2n) is 8.54. The SMILES string of the molecule is CCCOC(=O)CC1C(=O)NCCN1CC(=O)Nc1cccc(NC(=O)C(C)(C)C)c1. The largest absolute Gasteiger partial charge is 0.466 e. The first-order valence-electron chi connectivity index (χ1n) is 10.5. The van der Waals surface area contributed by atoms with Crippen LogP contribution in [0.1, 0.15) is 40.5 Å². The zero-order valence-corrected chi connectivity index (χ0v) is 18.6. The molecular formula is C22H32N4O5. The van der Waals surface area contributed by atoms with Gasteiger partial charge in [-0.25, -0.2) is 0 Å². The fourth-order valence-corrected chi connectivity index (χ4v) is 2.98. The Morgan fingerprint density at radius 2 is 1.87 bits per heavy atom. The van der Waals surface area contributed by atoms with Crippen LogP contribution in [0, 0.1) is 5.41 Å². The summed E-state index contributed by atoms with van der Waals surface area (Å²) in [6.45, 7) is 8.45. The van der Waals surface area contributed by atoms with Gasteiger partial charge in [-0.05, 0) is 24.6 Å². The summed E-state index contributed by atoms with van der Waals surface area (Å²) in [5.74, 6) is -1.20. The Bertz CT molecular complexity index is 818. The van der Waals surface area contributed by atoms with Crippen LogP contribution < -0.4 is 16.0 Å². The highest BCUT2D eigenvalue weighted by molar-refractivity contribution is 5.97. The van der Waals surface area contributed by atoms with Crippen LogP contribution in [-0.4, -0.2) is 60.9 Å². The molecule has 170 valence electrons. The van der Waals surface area contributed by atoms with E-state index in [-0.39, 0.29) is 30.7 Å². The molecule has 1 aromatic carbocycles. The third kappa shape index (κ3) is 7.67. The standard InChI is InChI=1S/C22H32N4O5/c1-5-11-31-19(28)13-17-20(29)23-9-10-26(17)14-18(27)24-15-7-6-8-16(12-15)25-21(30)22(2,3)4/h6-8,12,17H,5,9-11,13-14H2,1-4H3,(H,23,29)(H,24,27)(H,25,30). The summed E-state index contributed by atoms with van der Waals surface area (Å²) >= 11 is 0. The van der Waals surface area contributed by atoms with Gasteiger partial charge >= 0.3 is 5.97 Å². The van der Waals surface area contributed by atoms with Crippen LogP contribution in [-0.2, 0) is 23.9 Å². The Morgan fingerprint density at radius 3 is 2.52 bits per heavy atom. The smallest absolute Gasteiger partial charge is 0.307 e. The van der Waals surface area contributed by atoms with E-state index in [1.54, 1.807) is 29.2 Å². The Balaban J connectivity index is 1.98. The van der Waals surface area contributed by atoms with E-state index in [0.29, 0.717) is 37.5 Å². The highest BCUT2D eigenvalue weighted by atomic mass is 16.5. The summed E-state index contributed by atoms with van der Waals surface area (Å²) < 4.78 is 5.08. The van der Waals surface area contributed by atoms with Crippen molar-refractivity contribution in [2.24, 2.45) is 5.41 Å². The monoisotopic (exact) mass is 432 g/mol. The average molecular weight is 433 g/mol. The number of esters is 1. The molecule has 1 fully saturated rings. The number of carbonyl (C=O) groups excluding carboxylic acids is 4. The Hall–Kier alpha value is -2.94. The van der Waals surface area contributed by atoms with Crippen LogP contribution in [0.4, 0.5) is 11.4 Å². The number of amides is 3. The number of anilines is 2. The molecule has 1 aliphatic heterocycles. The maximum atomic E-state index is 12.6. The van der Waals surface area contributed by atoms with E-state index in [0.717, 1.165) is 0 Å². The summed E-state index contributed by atoms with van der Waals surface area (Å²) in [5.41, 5.74) is 0.560. The minimum Gasteiger partial charge on any atom is -0.466 e. The number of nitrogens with zero attached hydrogens (tertiary/aromatic N) is 1. The molecule has 1 unspecified atom stereocenters. The molecule has 3 amide bonds. The van der Waals surface area contributed by atoms with Crippen LogP contribution in [0.2, 0.25) is 0 Å². The van der Waals surface area contributed by atoms with Gasteiger partial charge in [0.1, 0.15) is 6.04 Å². The summed E-state index contributed by atoms with van der Waals surface area (Å²) in [7, 11) is 0. The second kappa shape index (κ2) is 10.9. The molecule has 3 N–H and O–H groups in total. The molecule has 1 heterocycles. The van der Waals surface area contributed by atoms with Gasteiger partial charge in [-0.15, -0.1) is 0 Å². The predicted molar refractivity (Wildman–Crippen MR) is 117 cm³/mol. The molecule has 9 heteroatoms. The van der Waals surface area contributed by atoms with E-state index < -0.39 is 17.4 Å². The van der Waals surface area contributed by atoms with Gasteiger partial charge in [0, 0.05) is 29.9 Å². The van der Waals surface area contributed by atoms with Crippen molar-refractivity contribution in [2.75, 3.05) is 36.9 Å². The summed E-state index contributed by atoms with van der Waals surface area (Å²) in [6.07, 6.45) is 0.595. The maximum absolute atomic E-state index is 12.6. The fourth-order valence-electron chi connectivity index (χ4n) is 2.98. The molecule has 1 saturated heterocycles. The maximum Gasteiger partial charge on any atom is 0.307 e. The van der Waals surface area contributed by atoms with E-state index in [9.17, 15) is 19.2 Å². The molecule has 31 heavy (non-hydrogen) atoms. The van der Waals surface area contributed by atoms with Crippen molar-refractivity contribution in [3.8, 4) is 0 Å². The number of hydrogen-bond acceptors (Lipinski definition) is 6. The van der Waals surface area contributed by atoms with E-state index in [1.165, 1.54) is 0 Å². The molecule has 0 spiro atoms. The lowest BCUT2D eigenvalue weighted by Gasteiger charge is -2.33. The molecule has 0 aromatic heterocycles.